The molecule has 2 heterocycles. The summed E-state index contributed by atoms with van der Waals surface area (Å²) in [5.74, 6) is -0.494. The molecular formula is C23H32N4O5. The standard InChI is InChI=1S/C23H32N4O5/c1-22(2,3)32-21(31)24-17(11-13-28)19(29)27-12-10-18-23(15-27,20(30)26(4)25-18)14-16-8-6-5-7-9-16/h5-9,17,28H,10-15H2,1-4H3,(H,24,31)/t17?,23-/m1/s1. The molecule has 2 aliphatic rings. The number of rotatable bonds is 6. The van der Waals surface area contributed by atoms with Crippen molar-refractivity contribution in [2.24, 2.45) is 10.5 Å². The Labute approximate surface area is 188 Å². The van der Waals surface area contributed by atoms with Crippen molar-refractivity contribution in [3.05, 3.63) is 35.9 Å². The number of ether oxygens (including phenoxy) is 1. The molecule has 0 saturated carbocycles. The average molecular weight is 445 g/mol. The van der Waals surface area contributed by atoms with Gasteiger partial charge in [-0.15, -0.1) is 0 Å². The van der Waals surface area contributed by atoms with Gasteiger partial charge in [-0.2, -0.15) is 5.10 Å². The number of fused-ring (bicyclic) bond motifs is 1. The third-order valence-corrected chi connectivity index (χ3v) is 5.67. The molecule has 1 unspecified atom stereocenters. The van der Waals surface area contributed by atoms with Gasteiger partial charge in [0.05, 0.1) is 5.71 Å². The van der Waals surface area contributed by atoms with E-state index in [-0.39, 0.29) is 31.4 Å². The highest BCUT2D eigenvalue weighted by Crippen LogP contribution is 2.38. The average Bonchev–Trinajstić information content (AvgIpc) is 2.96. The molecule has 0 spiro atoms. The largest absolute Gasteiger partial charge is 0.444 e. The van der Waals surface area contributed by atoms with E-state index in [0.29, 0.717) is 19.4 Å². The summed E-state index contributed by atoms with van der Waals surface area (Å²) in [5.41, 5.74) is 0.113. The zero-order valence-electron chi connectivity index (χ0n) is 19.1. The summed E-state index contributed by atoms with van der Waals surface area (Å²) in [4.78, 5) is 40.4. The predicted octanol–water partition coefficient (Wildman–Crippen LogP) is 1.55. The predicted molar refractivity (Wildman–Crippen MR) is 119 cm³/mol. The number of carbonyl (C=O) groups is 3. The van der Waals surface area contributed by atoms with Crippen LogP contribution in [0.15, 0.2) is 35.4 Å². The molecule has 2 aliphatic heterocycles. The zero-order chi connectivity index (χ0) is 23.5. The first-order valence-electron chi connectivity index (χ1n) is 10.8. The number of hydrogen-bond donors (Lipinski definition) is 2. The van der Waals surface area contributed by atoms with E-state index in [1.54, 1.807) is 32.7 Å². The Hall–Kier alpha value is -2.94. The fourth-order valence-corrected chi connectivity index (χ4v) is 4.27. The van der Waals surface area contributed by atoms with Crippen LogP contribution in [0.2, 0.25) is 0 Å². The summed E-state index contributed by atoms with van der Waals surface area (Å²) in [6.07, 6.45) is 0.227. The van der Waals surface area contributed by atoms with Gasteiger partial charge in [0.2, 0.25) is 5.91 Å². The van der Waals surface area contributed by atoms with E-state index in [4.69, 9.17) is 4.74 Å². The minimum Gasteiger partial charge on any atom is -0.444 e. The van der Waals surface area contributed by atoms with E-state index in [1.807, 2.05) is 30.3 Å². The van der Waals surface area contributed by atoms with Crippen LogP contribution in [0.25, 0.3) is 0 Å². The van der Waals surface area contributed by atoms with Gasteiger partial charge in [0, 0.05) is 33.2 Å². The smallest absolute Gasteiger partial charge is 0.408 e. The number of nitrogens with zero attached hydrogens (tertiary/aromatic N) is 3. The van der Waals surface area contributed by atoms with Gasteiger partial charge in [0.25, 0.3) is 5.91 Å². The van der Waals surface area contributed by atoms with Crippen LogP contribution < -0.4 is 5.32 Å². The summed E-state index contributed by atoms with van der Waals surface area (Å²) in [5, 5.41) is 17.8. The molecule has 9 nitrogen and oxygen atoms in total. The van der Waals surface area contributed by atoms with Gasteiger partial charge in [-0.25, -0.2) is 9.80 Å². The Balaban J connectivity index is 1.81. The molecule has 1 aromatic carbocycles. The van der Waals surface area contributed by atoms with Gasteiger partial charge in [0.1, 0.15) is 17.1 Å². The fourth-order valence-electron chi connectivity index (χ4n) is 4.27. The number of aliphatic hydroxyl groups excluding tert-OH is 1. The summed E-state index contributed by atoms with van der Waals surface area (Å²) >= 11 is 0. The molecule has 3 amide bonds. The second-order valence-electron chi connectivity index (χ2n) is 9.34. The third kappa shape index (κ3) is 5.09. The lowest BCUT2D eigenvalue weighted by molar-refractivity contribution is -0.141. The van der Waals surface area contributed by atoms with Crippen molar-refractivity contribution in [2.75, 3.05) is 26.7 Å². The molecule has 2 N–H and O–H groups in total. The Morgan fingerprint density at radius 2 is 1.97 bits per heavy atom. The lowest BCUT2D eigenvalue weighted by Crippen LogP contribution is -2.59. The Bertz CT molecular complexity index is 895. The zero-order valence-corrected chi connectivity index (χ0v) is 19.1. The fraction of sp³-hybridized carbons (Fsp3) is 0.565. The van der Waals surface area contributed by atoms with Crippen LogP contribution in [0.5, 0.6) is 0 Å². The normalized spacial score (nSPS) is 21.7. The summed E-state index contributed by atoms with van der Waals surface area (Å²) in [6, 6.07) is 8.71. The molecular weight excluding hydrogens is 412 g/mol. The second-order valence-corrected chi connectivity index (χ2v) is 9.34. The van der Waals surface area contributed by atoms with Gasteiger partial charge in [-0.05, 0) is 39.2 Å². The van der Waals surface area contributed by atoms with Crippen molar-refractivity contribution in [3.8, 4) is 0 Å². The number of likely N-dealkylation sites (tertiary alicyclic amines) is 1. The highest BCUT2D eigenvalue weighted by Gasteiger charge is 2.53. The lowest BCUT2D eigenvalue weighted by atomic mass is 9.73. The van der Waals surface area contributed by atoms with Crippen LogP contribution in [-0.2, 0) is 20.7 Å². The number of nitrogens with one attached hydrogen (secondary N) is 1. The lowest BCUT2D eigenvalue weighted by Gasteiger charge is -2.40. The third-order valence-electron chi connectivity index (χ3n) is 5.67. The molecule has 174 valence electrons. The first kappa shape index (κ1) is 23.7. The maximum Gasteiger partial charge on any atom is 0.408 e. The molecule has 9 heteroatoms. The molecule has 3 rings (SSSR count). The summed E-state index contributed by atoms with van der Waals surface area (Å²) in [6.45, 7) is 5.47. The Morgan fingerprint density at radius 3 is 2.59 bits per heavy atom. The second kappa shape index (κ2) is 9.28. The number of benzene rings is 1. The van der Waals surface area contributed by atoms with Crippen LogP contribution in [-0.4, -0.2) is 77.0 Å². The number of hydrogen-bond acceptors (Lipinski definition) is 6. The SMILES string of the molecule is CN1N=C2CCN(C(=O)C(CCO)NC(=O)OC(C)(C)C)C[C@@]2(Cc2ccccc2)C1=O. The number of carbonyl (C=O) groups excluding carboxylic acids is 3. The molecule has 1 saturated heterocycles. The van der Waals surface area contributed by atoms with E-state index in [1.165, 1.54) is 5.01 Å². The molecule has 0 radical (unpaired) electrons. The van der Waals surface area contributed by atoms with Crippen LogP contribution >= 0.6 is 0 Å². The van der Waals surface area contributed by atoms with E-state index < -0.39 is 23.2 Å². The van der Waals surface area contributed by atoms with Crippen molar-refractivity contribution in [1.82, 2.24) is 15.2 Å². The van der Waals surface area contributed by atoms with Gasteiger partial charge >= 0.3 is 6.09 Å². The molecule has 0 aliphatic carbocycles. The number of aliphatic hydroxyl groups is 1. The molecule has 1 fully saturated rings. The van der Waals surface area contributed by atoms with E-state index in [9.17, 15) is 19.5 Å². The van der Waals surface area contributed by atoms with Crippen molar-refractivity contribution < 1.29 is 24.2 Å². The van der Waals surface area contributed by atoms with E-state index >= 15 is 0 Å². The van der Waals surface area contributed by atoms with Crippen molar-refractivity contribution in [3.63, 3.8) is 0 Å². The highest BCUT2D eigenvalue weighted by atomic mass is 16.6. The molecule has 0 bridgehead atoms. The van der Waals surface area contributed by atoms with Gasteiger partial charge < -0.3 is 20.1 Å². The number of amides is 3. The Kier molecular flexibility index (Phi) is 6.88. The minimum atomic E-state index is -0.948. The molecule has 0 aromatic heterocycles. The number of alkyl carbamates (subject to hydrolysis) is 1. The highest BCUT2D eigenvalue weighted by molar-refractivity contribution is 6.13. The summed E-state index contributed by atoms with van der Waals surface area (Å²) < 4.78 is 5.27. The van der Waals surface area contributed by atoms with E-state index in [2.05, 4.69) is 10.4 Å². The van der Waals surface area contributed by atoms with Crippen LogP contribution in [0, 0.1) is 5.41 Å². The van der Waals surface area contributed by atoms with Crippen molar-refractivity contribution in [2.45, 2.75) is 51.7 Å². The monoisotopic (exact) mass is 444 g/mol. The van der Waals surface area contributed by atoms with Crippen LogP contribution in [0.4, 0.5) is 4.79 Å². The topological polar surface area (TPSA) is 112 Å². The minimum absolute atomic E-state index is 0.0507. The van der Waals surface area contributed by atoms with Gasteiger partial charge in [0.15, 0.2) is 0 Å². The van der Waals surface area contributed by atoms with Crippen molar-refractivity contribution in [1.29, 1.82) is 0 Å². The molecule has 1 aromatic rings. The number of hydrazone groups is 1. The van der Waals surface area contributed by atoms with Crippen LogP contribution in [0.3, 0.4) is 0 Å². The maximum absolute atomic E-state index is 13.3. The summed E-state index contributed by atoms with van der Waals surface area (Å²) in [7, 11) is 1.63. The first-order chi connectivity index (χ1) is 15.1. The molecule has 2 atom stereocenters. The Morgan fingerprint density at radius 1 is 1.28 bits per heavy atom. The maximum atomic E-state index is 13.3. The first-order valence-corrected chi connectivity index (χ1v) is 10.8. The van der Waals surface area contributed by atoms with Crippen LogP contribution in [0.1, 0.15) is 39.2 Å². The van der Waals surface area contributed by atoms with Gasteiger partial charge in [-0.3, -0.25) is 9.59 Å². The molecule has 32 heavy (non-hydrogen) atoms. The van der Waals surface area contributed by atoms with E-state index in [0.717, 1.165) is 11.3 Å². The van der Waals surface area contributed by atoms with Gasteiger partial charge in [-0.1, -0.05) is 30.3 Å². The number of piperidine rings is 1. The van der Waals surface area contributed by atoms with Crippen molar-refractivity contribution >= 4 is 23.6 Å². The quantitative estimate of drug-likeness (QED) is 0.692.